The van der Waals surface area contributed by atoms with Crippen LogP contribution < -0.4 is 0 Å². The van der Waals surface area contributed by atoms with Crippen LogP contribution in [-0.2, 0) is 9.47 Å². The van der Waals surface area contributed by atoms with E-state index in [-0.39, 0.29) is 0 Å². The molecule has 0 bridgehead atoms. The van der Waals surface area contributed by atoms with E-state index in [4.69, 9.17) is 9.47 Å². The molecule has 2 nitrogen and oxygen atoms in total. The second-order valence-electron chi connectivity index (χ2n) is 3.94. The maximum absolute atomic E-state index is 5.14. The summed E-state index contributed by atoms with van der Waals surface area (Å²) >= 11 is 0. The third-order valence-electron chi connectivity index (χ3n) is 2.31. The second kappa shape index (κ2) is 5.55. The Morgan fingerprint density at radius 2 is 1.33 bits per heavy atom. The maximum atomic E-state index is 5.14. The molecular formula is C10H20O2. The number of rotatable bonds is 0. The molecule has 0 atom stereocenters. The van der Waals surface area contributed by atoms with Crippen molar-refractivity contribution >= 4 is 0 Å². The van der Waals surface area contributed by atoms with Gasteiger partial charge in [-0.05, 0) is 18.8 Å². The summed E-state index contributed by atoms with van der Waals surface area (Å²) < 4.78 is 9.97. The summed E-state index contributed by atoms with van der Waals surface area (Å²) in [5, 5.41) is 0. The lowest BCUT2D eigenvalue weighted by Gasteiger charge is -2.20. The zero-order valence-electron chi connectivity index (χ0n) is 8.21. The molecule has 2 heterocycles. The first-order valence-electron chi connectivity index (χ1n) is 4.94. The van der Waals surface area contributed by atoms with Crippen molar-refractivity contribution in [1.82, 2.24) is 0 Å². The van der Waals surface area contributed by atoms with E-state index < -0.39 is 0 Å². The van der Waals surface area contributed by atoms with Gasteiger partial charge < -0.3 is 9.47 Å². The van der Waals surface area contributed by atoms with Crippen molar-refractivity contribution in [2.45, 2.75) is 26.7 Å². The smallest absolute Gasteiger partial charge is 0.0513 e. The first-order chi connectivity index (χ1) is 5.79. The van der Waals surface area contributed by atoms with Crippen molar-refractivity contribution < 1.29 is 9.47 Å². The molecule has 2 heteroatoms. The van der Waals surface area contributed by atoms with E-state index in [2.05, 4.69) is 13.8 Å². The quantitative estimate of drug-likeness (QED) is 0.557. The average Bonchev–Trinajstić information content (AvgIpc) is 2.04. The van der Waals surface area contributed by atoms with Gasteiger partial charge in [-0.3, -0.25) is 0 Å². The van der Waals surface area contributed by atoms with Crippen molar-refractivity contribution in [1.29, 1.82) is 0 Å². The molecule has 0 radical (unpaired) electrons. The summed E-state index contributed by atoms with van der Waals surface area (Å²) in [6.07, 6.45) is 2.53. The molecule has 0 spiro atoms. The number of hydrogen-bond donors (Lipinski definition) is 0. The summed E-state index contributed by atoms with van der Waals surface area (Å²) in [6, 6.07) is 0. The van der Waals surface area contributed by atoms with Gasteiger partial charge in [0.05, 0.1) is 13.2 Å². The van der Waals surface area contributed by atoms with Crippen LogP contribution in [0.25, 0.3) is 0 Å². The van der Waals surface area contributed by atoms with E-state index in [0.29, 0.717) is 0 Å². The molecule has 0 aromatic rings. The van der Waals surface area contributed by atoms with E-state index in [0.717, 1.165) is 38.3 Å². The minimum atomic E-state index is 0.843. The Labute approximate surface area is 75.2 Å². The highest BCUT2D eigenvalue weighted by Crippen LogP contribution is 2.11. The van der Waals surface area contributed by atoms with Crippen molar-refractivity contribution in [3.8, 4) is 0 Å². The van der Waals surface area contributed by atoms with Crippen LogP contribution >= 0.6 is 0 Å². The van der Waals surface area contributed by atoms with Gasteiger partial charge in [0.1, 0.15) is 0 Å². The highest BCUT2D eigenvalue weighted by molar-refractivity contribution is 4.56. The summed E-state index contributed by atoms with van der Waals surface area (Å²) in [5.74, 6) is 1.75. The molecule has 0 N–H and O–H groups in total. The van der Waals surface area contributed by atoms with Gasteiger partial charge in [-0.1, -0.05) is 13.8 Å². The highest BCUT2D eigenvalue weighted by atomic mass is 16.5. The fourth-order valence-electron chi connectivity index (χ4n) is 1.17. The molecule has 12 heavy (non-hydrogen) atoms. The minimum absolute atomic E-state index is 0.843. The number of hydrogen-bond acceptors (Lipinski definition) is 2. The third-order valence-corrected chi connectivity index (χ3v) is 2.31. The van der Waals surface area contributed by atoms with E-state index >= 15 is 0 Å². The van der Waals surface area contributed by atoms with E-state index in [1.54, 1.807) is 0 Å². The van der Waals surface area contributed by atoms with Gasteiger partial charge in [0, 0.05) is 19.1 Å². The fraction of sp³-hybridized carbons (Fsp3) is 1.00. The molecule has 0 amide bonds. The molecule has 2 rings (SSSR count). The summed E-state index contributed by atoms with van der Waals surface area (Å²) in [4.78, 5) is 0. The minimum Gasteiger partial charge on any atom is -0.381 e. The molecule has 2 aliphatic rings. The second-order valence-corrected chi connectivity index (χ2v) is 3.94. The molecule has 2 fully saturated rings. The standard InChI is InChI=1S/C6H12O.C4H8O/c1-6-2-4-7-5-3-6;1-4-2-5-3-4/h6H,2-5H2,1H3;4H,2-3H2,1H3. The zero-order valence-corrected chi connectivity index (χ0v) is 8.21. The van der Waals surface area contributed by atoms with Crippen LogP contribution in [0.1, 0.15) is 26.7 Å². The molecule has 2 saturated heterocycles. The summed E-state index contributed by atoms with van der Waals surface area (Å²) in [6.45, 7) is 8.41. The SMILES string of the molecule is CC1CCOCC1.CC1COC1. The Balaban J connectivity index is 0.000000127. The monoisotopic (exact) mass is 172 g/mol. The molecule has 0 unspecified atom stereocenters. The van der Waals surface area contributed by atoms with Crippen molar-refractivity contribution in [3.05, 3.63) is 0 Å². The Morgan fingerprint density at radius 3 is 1.50 bits per heavy atom. The van der Waals surface area contributed by atoms with Crippen LogP contribution in [0.3, 0.4) is 0 Å². The van der Waals surface area contributed by atoms with Crippen LogP contribution in [0.4, 0.5) is 0 Å². The summed E-state index contributed by atoms with van der Waals surface area (Å²) in [5.41, 5.74) is 0. The molecule has 0 saturated carbocycles. The van der Waals surface area contributed by atoms with Gasteiger partial charge in [0.25, 0.3) is 0 Å². The Morgan fingerprint density at radius 1 is 0.833 bits per heavy atom. The molecule has 0 aliphatic carbocycles. The van der Waals surface area contributed by atoms with Gasteiger partial charge >= 0.3 is 0 Å². The van der Waals surface area contributed by atoms with E-state index in [1.807, 2.05) is 0 Å². The van der Waals surface area contributed by atoms with E-state index in [1.165, 1.54) is 12.8 Å². The van der Waals surface area contributed by atoms with Crippen LogP contribution in [0.5, 0.6) is 0 Å². The van der Waals surface area contributed by atoms with Crippen molar-refractivity contribution in [2.75, 3.05) is 26.4 Å². The Hall–Kier alpha value is -0.0800. The highest BCUT2D eigenvalue weighted by Gasteiger charge is 2.09. The first kappa shape index (κ1) is 10.0. The molecule has 0 aromatic heterocycles. The summed E-state index contributed by atoms with van der Waals surface area (Å²) in [7, 11) is 0. The lowest BCUT2D eigenvalue weighted by atomic mass is 10.0. The Kier molecular flexibility index (Phi) is 4.62. The van der Waals surface area contributed by atoms with Crippen molar-refractivity contribution in [3.63, 3.8) is 0 Å². The van der Waals surface area contributed by atoms with Crippen LogP contribution in [0.15, 0.2) is 0 Å². The van der Waals surface area contributed by atoms with Gasteiger partial charge in [-0.25, -0.2) is 0 Å². The lowest BCUT2D eigenvalue weighted by molar-refractivity contribution is -0.0221. The van der Waals surface area contributed by atoms with Gasteiger partial charge in [-0.2, -0.15) is 0 Å². The van der Waals surface area contributed by atoms with E-state index in [9.17, 15) is 0 Å². The van der Waals surface area contributed by atoms with Crippen LogP contribution in [0, 0.1) is 11.8 Å². The fourth-order valence-corrected chi connectivity index (χ4v) is 1.17. The van der Waals surface area contributed by atoms with Gasteiger partial charge in [-0.15, -0.1) is 0 Å². The first-order valence-corrected chi connectivity index (χ1v) is 4.94. The predicted octanol–water partition coefficient (Wildman–Crippen LogP) is 2.09. The Bertz CT molecular complexity index is 104. The van der Waals surface area contributed by atoms with Gasteiger partial charge in [0.2, 0.25) is 0 Å². The topological polar surface area (TPSA) is 18.5 Å². The average molecular weight is 172 g/mol. The van der Waals surface area contributed by atoms with Crippen LogP contribution in [-0.4, -0.2) is 26.4 Å². The third kappa shape index (κ3) is 4.07. The van der Waals surface area contributed by atoms with Crippen molar-refractivity contribution in [2.24, 2.45) is 11.8 Å². The normalized spacial score (nSPS) is 25.5. The maximum Gasteiger partial charge on any atom is 0.0513 e. The van der Waals surface area contributed by atoms with Gasteiger partial charge in [0.15, 0.2) is 0 Å². The lowest BCUT2D eigenvalue weighted by Crippen LogP contribution is -2.23. The molecule has 2 aliphatic heterocycles. The zero-order chi connectivity index (χ0) is 8.81. The van der Waals surface area contributed by atoms with Crippen LogP contribution in [0.2, 0.25) is 0 Å². The predicted molar refractivity (Wildman–Crippen MR) is 49.2 cm³/mol. The number of ether oxygens (including phenoxy) is 2. The molecule has 72 valence electrons. The largest absolute Gasteiger partial charge is 0.381 e. The molecular weight excluding hydrogens is 152 g/mol. The molecule has 0 aromatic carbocycles.